The molecule has 0 saturated carbocycles. The number of esters is 2. The lowest BCUT2D eigenvalue weighted by molar-refractivity contribution is 0.0583. The van der Waals surface area contributed by atoms with E-state index in [1.807, 2.05) is 0 Å². The van der Waals surface area contributed by atoms with Gasteiger partial charge in [-0.1, -0.05) is 0 Å². The normalized spacial score (nSPS) is 10.8. The molecular formula is C12H14O7P+. The number of carbonyl (C=O) groups is 2. The maximum absolute atomic E-state index is 11.7. The molecule has 1 unspecified atom stereocenters. The van der Waals surface area contributed by atoms with Gasteiger partial charge in [0.25, 0.3) is 0 Å². The Labute approximate surface area is 116 Å². The highest BCUT2D eigenvalue weighted by Gasteiger charge is 2.28. The highest BCUT2D eigenvalue weighted by molar-refractivity contribution is 7.32. The summed E-state index contributed by atoms with van der Waals surface area (Å²) in [4.78, 5) is 32.2. The summed E-state index contributed by atoms with van der Waals surface area (Å²) < 4.78 is 24.8. The SMILES string of the molecule is COC(=O)c1cc(O[P+](=O)O)c(C(=O)OC)c(C)c1C. The van der Waals surface area contributed by atoms with Crippen LogP contribution >= 0.6 is 8.25 Å². The first kappa shape index (κ1) is 16.1. The van der Waals surface area contributed by atoms with Gasteiger partial charge in [0.2, 0.25) is 5.75 Å². The van der Waals surface area contributed by atoms with Crippen molar-refractivity contribution in [2.75, 3.05) is 14.2 Å². The maximum Gasteiger partial charge on any atom is 0.747 e. The zero-order chi connectivity index (χ0) is 15.4. The highest BCUT2D eigenvalue weighted by Crippen LogP contribution is 2.33. The van der Waals surface area contributed by atoms with Crippen LogP contribution in [0.4, 0.5) is 0 Å². The van der Waals surface area contributed by atoms with E-state index in [1.54, 1.807) is 13.8 Å². The van der Waals surface area contributed by atoms with E-state index in [9.17, 15) is 14.2 Å². The molecule has 20 heavy (non-hydrogen) atoms. The number of hydrogen-bond donors (Lipinski definition) is 1. The average molecular weight is 301 g/mol. The largest absolute Gasteiger partial charge is 0.747 e. The molecule has 0 aliphatic heterocycles. The monoisotopic (exact) mass is 301 g/mol. The average Bonchev–Trinajstić information content (AvgIpc) is 2.40. The Kier molecular flexibility index (Phi) is 5.19. The minimum Gasteiger partial charge on any atom is -0.465 e. The van der Waals surface area contributed by atoms with Crippen LogP contribution in [0, 0.1) is 13.8 Å². The van der Waals surface area contributed by atoms with Gasteiger partial charge in [0.15, 0.2) is 0 Å². The lowest BCUT2D eigenvalue weighted by atomic mass is 9.97. The summed E-state index contributed by atoms with van der Waals surface area (Å²) in [7, 11) is -0.609. The van der Waals surface area contributed by atoms with Gasteiger partial charge < -0.3 is 9.47 Å². The van der Waals surface area contributed by atoms with Crippen molar-refractivity contribution in [1.29, 1.82) is 0 Å². The van der Waals surface area contributed by atoms with Gasteiger partial charge in [-0.2, -0.15) is 0 Å². The Balaban J connectivity index is 3.59. The molecule has 0 radical (unpaired) electrons. The third-order valence-corrected chi connectivity index (χ3v) is 3.19. The van der Waals surface area contributed by atoms with Crippen LogP contribution in [0.3, 0.4) is 0 Å². The van der Waals surface area contributed by atoms with Crippen LogP contribution in [-0.4, -0.2) is 31.1 Å². The van der Waals surface area contributed by atoms with E-state index in [0.29, 0.717) is 11.1 Å². The summed E-state index contributed by atoms with van der Waals surface area (Å²) in [5.41, 5.74) is 1.05. The molecule has 0 heterocycles. The van der Waals surface area contributed by atoms with Crippen LogP contribution in [-0.2, 0) is 14.0 Å². The van der Waals surface area contributed by atoms with Gasteiger partial charge in [-0.25, -0.2) is 14.1 Å². The Morgan fingerprint density at radius 2 is 1.65 bits per heavy atom. The Morgan fingerprint density at radius 3 is 2.10 bits per heavy atom. The van der Waals surface area contributed by atoms with Gasteiger partial charge >= 0.3 is 20.2 Å². The first-order valence-corrected chi connectivity index (χ1v) is 6.61. The number of rotatable bonds is 4. The van der Waals surface area contributed by atoms with Crippen LogP contribution in [0.25, 0.3) is 0 Å². The van der Waals surface area contributed by atoms with Crippen LogP contribution in [0.1, 0.15) is 31.8 Å². The molecule has 1 aromatic rings. The molecule has 7 nitrogen and oxygen atoms in total. The summed E-state index contributed by atoms with van der Waals surface area (Å²) in [5.74, 6) is -1.57. The fourth-order valence-electron chi connectivity index (χ4n) is 1.72. The van der Waals surface area contributed by atoms with Crippen molar-refractivity contribution in [2.45, 2.75) is 13.8 Å². The van der Waals surface area contributed by atoms with E-state index >= 15 is 0 Å². The van der Waals surface area contributed by atoms with E-state index in [0.717, 1.165) is 0 Å². The molecule has 1 rings (SSSR count). The molecule has 1 N–H and O–H groups in total. The van der Waals surface area contributed by atoms with Crippen LogP contribution in [0.5, 0.6) is 5.75 Å². The number of methoxy groups -OCH3 is 2. The van der Waals surface area contributed by atoms with E-state index in [2.05, 4.69) is 9.47 Å². The molecule has 0 saturated heterocycles. The summed E-state index contributed by atoms with van der Waals surface area (Å²) in [6.07, 6.45) is 0. The third kappa shape index (κ3) is 3.12. The van der Waals surface area contributed by atoms with Gasteiger partial charge in [-0.15, -0.1) is 4.89 Å². The molecule has 1 aromatic carbocycles. The quantitative estimate of drug-likeness (QED) is 0.669. The standard InChI is InChI=1S/C12H13O7P/c1-6-7(2)10(12(14)18-4)9(19-20(15)16)5-8(6)11(13)17-3/h5H,1-4H3/p+1. The van der Waals surface area contributed by atoms with E-state index < -0.39 is 20.2 Å². The number of benzene rings is 1. The van der Waals surface area contributed by atoms with Crippen LogP contribution < -0.4 is 4.52 Å². The van der Waals surface area contributed by atoms with Crippen molar-refractivity contribution in [1.82, 2.24) is 0 Å². The predicted octanol–water partition coefficient (Wildman–Crippen LogP) is 1.91. The molecule has 0 aromatic heterocycles. The van der Waals surface area contributed by atoms with E-state index in [4.69, 9.17) is 9.42 Å². The first-order valence-electron chi connectivity index (χ1n) is 5.48. The van der Waals surface area contributed by atoms with Gasteiger partial charge in [-0.3, -0.25) is 0 Å². The zero-order valence-electron chi connectivity index (χ0n) is 11.4. The van der Waals surface area contributed by atoms with Crippen molar-refractivity contribution in [3.8, 4) is 5.75 Å². The number of hydrogen-bond acceptors (Lipinski definition) is 6. The molecule has 0 bridgehead atoms. The lowest BCUT2D eigenvalue weighted by Gasteiger charge is -2.12. The van der Waals surface area contributed by atoms with Gasteiger partial charge in [0.1, 0.15) is 5.56 Å². The van der Waals surface area contributed by atoms with Crippen molar-refractivity contribution < 1.29 is 33.0 Å². The Bertz CT molecular complexity index is 580. The molecule has 0 spiro atoms. The third-order valence-electron chi connectivity index (χ3n) is 2.83. The second-order valence-corrected chi connectivity index (χ2v) is 4.52. The lowest BCUT2D eigenvalue weighted by Crippen LogP contribution is -2.12. The Hall–Kier alpha value is -1.98. The van der Waals surface area contributed by atoms with Crippen molar-refractivity contribution in [2.24, 2.45) is 0 Å². The second kappa shape index (κ2) is 6.45. The van der Waals surface area contributed by atoms with Crippen molar-refractivity contribution in [3.63, 3.8) is 0 Å². The maximum atomic E-state index is 11.7. The number of carbonyl (C=O) groups excluding carboxylic acids is 2. The second-order valence-electron chi connectivity index (χ2n) is 3.86. The van der Waals surface area contributed by atoms with Crippen molar-refractivity contribution in [3.05, 3.63) is 28.3 Å². The number of ether oxygens (including phenoxy) is 2. The van der Waals surface area contributed by atoms with Crippen molar-refractivity contribution >= 4 is 20.2 Å². The molecule has 1 atom stereocenters. The highest BCUT2D eigenvalue weighted by atomic mass is 31.1. The summed E-state index contributed by atoms with van der Waals surface area (Å²) in [5, 5.41) is 0. The Morgan fingerprint density at radius 1 is 1.10 bits per heavy atom. The van der Waals surface area contributed by atoms with Gasteiger partial charge in [-0.05, 0) is 25.0 Å². The summed E-state index contributed by atoms with van der Waals surface area (Å²) in [6, 6.07) is 1.18. The molecule has 0 aliphatic rings. The fraction of sp³-hybridized carbons (Fsp3) is 0.333. The first-order chi connectivity index (χ1) is 9.33. The molecule has 0 aliphatic carbocycles. The van der Waals surface area contributed by atoms with E-state index in [-0.39, 0.29) is 16.9 Å². The fourth-order valence-corrected chi connectivity index (χ4v) is 2.03. The van der Waals surface area contributed by atoms with Gasteiger partial charge in [0.05, 0.1) is 19.8 Å². The smallest absolute Gasteiger partial charge is 0.465 e. The van der Waals surface area contributed by atoms with E-state index in [1.165, 1.54) is 20.3 Å². The summed E-state index contributed by atoms with van der Waals surface area (Å²) >= 11 is 0. The van der Waals surface area contributed by atoms with Crippen LogP contribution in [0.15, 0.2) is 6.07 Å². The minimum absolute atomic E-state index is 0.00458. The molecule has 0 amide bonds. The van der Waals surface area contributed by atoms with Gasteiger partial charge in [0, 0.05) is 10.6 Å². The topological polar surface area (TPSA) is 99.1 Å². The summed E-state index contributed by atoms with van der Waals surface area (Å²) in [6.45, 7) is 3.20. The molecule has 8 heteroatoms. The molecule has 108 valence electrons. The minimum atomic E-state index is -2.99. The van der Waals surface area contributed by atoms with Crippen LogP contribution in [0.2, 0.25) is 0 Å². The zero-order valence-corrected chi connectivity index (χ0v) is 12.3. The molecular weight excluding hydrogens is 287 g/mol. The predicted molar refractivity (Wildman–Crippen MR) is 69.0 cm³/mol. The molecule has 0 fully saturated rings.